The predicted octanol–water partition coefficient (Wildman–Crippen LogP) is 3.61. The fraction of sp³-hybridized carbons (Fsp3) is 0.333. The van der Waals surface area contributed by atoms with Gasteiger partial charge in [0.15, 0.2) is 0 Å². The molecule has 2 atom stereocenters. The number of rotatable bonds is 5. The smallest absolute Gasteiger partial charge is 0.248 e. The number of fused-ring (bicyclic) bond motifs is 1. The number of ether oxygens (including phenoxy) is 1. The van der Waals surface area contributed by atoms with Gasteiger partial charge >= 0.3 is 0 Å². The Bertz CT molecular complexity index is 858. The molecule has 1 N–H and O–H groups in total. The van der Waals surface area contributed by atoms with Crippen LogP contribution in [0.4, 0.5) is 5.69 Å². The van der Waals surface area contributed by atoms with Crippen LogP contribution in [-0.4, -0.2) is 35.1 Å². The average molecular weight is 382 g/mol. The van der Waals surface area contributed by atoms with Crippen LogP contribution in [0.2, 0.25) is 0 Å². The van der Waals surface area contributed by atoms with E-state index in [2.05, 4.69) is 5.32 Å². The molecule has 2 amide bonds. The zero-order chi connectivity index (χ0) is 18.9. The molecule has 0 bridgehead atoms. The molecule has 0 aliphatic carbocycles. The number of carbonyl (C=O) groups is 2. The number of hydrogen-bond donors (Lipinski definition) is 1. The van der Waals surface area contributed by atoms with Gasteiger partial charge in [-0.05, 0) is 31.0 Å². The number of hydrogen-bond acceptors (Lipinski definition) is 4. The number of benzene rings is 2. The van der Waals surface area contributed by atoms with Crippen LogP contribution in [0.15, 0.2) is 54.6 Å². The number of anilines is 1. The molecular formula is C21H22N2O3S. The first kappa shape index (κ1) is 17.9. The fourth-order valence-electron chi connectivity index (χ4n) is 3.90. The lowest BCUT2D eigenvalue weighted by Crippen LogP contribution is -2.48. The van der Waals surface area contributed by atoms with E-state index in [0.29, 0.717) is 30.2 Å². The Morgan fingerprint density at radius 3 is 2.74 bits per heavy atom. The van der Waals surface area contributed by atoms with Gasteiger partial charge in [0.2, 0.25) is 11.8 Å². The molecule has 2 aliphatic rings. The summed E-state index contributed by atoms with van der Waals surface area (Å²) < 4.78 is 5.60. The molecule has 0 spiro atoms. The highest BCUT2D eigenvalue weighted by Gasteiger charge is 2.56. The van der Waals surface area contributed by atoms with E-state index in [4.69, 9.17) is 4.74 Å². The minimum Gasteiger partial charge on any atom is -0.492 e. The highest BCUT2D eigenvalue weighted by atomic mass is 32.2. The third-order valence-corrected chi connectivity index (χ3v) is 6.70. The molecule has 140 valence electrons. The van der Waals surface area contributed by atoms with E-state index in [1.165, 1.54) is 0 Å². The van der Waals surface area contributed by atoms with Crippen molar-refractivity contribution in [2.45, 2.75) is 30.7 Å². The van der Waals surface area contributed by atoms with Gasteiger partial charge in [0.25, 0.3) is 0 Å². The van der Waals surface area contributed by atoms with Gasteiger partial charge in [-0.25, -0.2) is 0 Å². The number of para-hydroxylation sites is 2. The minimum absolute atomic E-state index is 0.0436. The standard InChI is InChI=1S/C21H22N2O3S/c1-2-26-18-11-7-6-10-16(18)22-20(25)17-14-27-21(13-12-19(24)23(17)21)15-8-4-3-5-9-15/h3-11,17H,2,12-14H2,1H3,(H,22,25)/t17-,21-/m0/s1. The molecule has 2 aromatic carbocycles. The fourth-order valence-corrected chi connectivity index (χ4v) is 5.55. The number of nitrogens with zero attached hydrogens (tertiary/aromatic N) is 1. The minimum atomic E-state index is -0.486. The van der Waals surface area contributed by atoms with Crippen molar-refractivity contribution >= 4 is 29.3 Å². The quantitative estimate of drug-likeness (QED) is 0.858. The Hall–Kier alpha value is -2.47. The van der Waals surface area contributed by atoms with Crippen molar-refractivity contribution in [1.82, 2.24) is 4.90 Å². The maximum absolute atomic E-state index is 13.1. The first-order chi connectivity index (χ1) is 13.2. The molecule has 0 radical (unpaired) electrons. The highest BCUT2D eigenvalue weighted by Crippen LogP contribution is 2.54. The molecule has 5 nitrogen and oxygen atoms in total. The van der Waals surface area contributed by atoms with Crippen molar-refractivity contribution in [3.8, 4) is 5.75 Å². The summed E-state index contributed by atoms with van der Waals surface area (Å²) in [6.07, 6.45) is 1.21. The summed E-state index contributed by atoms with van der Waals surface area (Å²) in [6.45, 7) is 2.43. The average Bonchev–Trinajstić information content (AvgIpc) is 3.24. The van der Waals surface area contributed by atoms with Crippen LogP contribution in [0.3, 0.4) is 0 Å². The molecule has 0 saturated carbocycles. The normalized spacial score (nSPS) is 24.0. The maximum Gasteiger partial charge on any atom is 0.248 e. The van der Waals surface area contributed by atoms with E-state index in [9.17, 15) is 9.59 Å². The summed E-state index contributed by atoms with van der Waals surface area (Å²) in [5.41, 5.74) is 1.73. The van der Waals surface area contributed by atoms with E-state index in [1.807, 2.05) is 61.5 Å². The second-order valence-electron chi connectivity index (χ2n) is 6.66. The zero-order valence-electron chi connectivity index (χ0n) is 15.2. The number of carbonyl (C=O) groups excluding carboxylic acids is 2. The summed E-state index contributed by atoms with van der Waals surface area (Å²) in [5, 5.41) is 2.97. The lowest BCUT2D eigenvalue weighted by atomic mass is 10.0. The SMILES string of the molecule is CCOc1ccccc1NC(=O)[C@@H]1CS[C@]2(c3ccccc3)CCC(=O)N12. The van der Waals surface area contributed by atoms with E-state index in [1.54, 1.807) is 16.7 Å². The number of amides is 2. The van der Waals surface area contributed by atoms with Gasteiger partial charge in [-0.15, -0.1) is 11.8 Å². The largest absolute Gasteiger partial charge is 0.492 e. The van der Waals surface area contributed by atoms with Crippen molar-refractivity contribution in [2.24, 2.45) is 0 Å². The Balaban J connectivity index is 1.60. The summed E-state index contributed by atoms with van der Waals surface area (Å²) >= 11 is 1.69. The predicted molar refractivity (Wildman–Crippen MR) is 107 cm³/mol. The van der Waals surface area contributed by atoms with Gasteiger partial charge in [-0.1, -0.05) is 42.5 Å². The highest BCUT2D eigenvalue weighted by molar-refractivity contribution is 8.00. The third kappa shape index (κ3) is 3.08. The van der Waals surface area contributed by atoms with Gasteiger partial charge in [0.1, 0.15) is 16.7 Å². The lowest BCUT2D eigenvalue weighted by Gasteiger charge is -2.34. The molecule has 2 aromatic rings. The summed E-state index contributed by atoms with van der Waals surface area (Å²) in [7, 11) is 0. The Morgan fingerprint density at radius 1 is 1.22 bits per heavy atom. The van der Waals surface area contributed by atoms with E-state index >= 15 is 0 Å². The third-order valence-electron chi connectivity index (χ3n) is 5.10. The second kappa shape index (κ2) is 7.27. The van der Waals surface area contributed by atoms with E-state index in [0.717, 1.165) is 12.0 Å². The summed E-state index contributed by atoms with van der Waals surface area (Å²) in [6, 6.07) is 16.9. The van der Waals surface area contributed by atoms with E-state index < -0.39 is 10.9 Å². The first-order valence-corrected chi connectivity index (χ1v) is 10.2. The van der Waals surface area contributed by atoms with E-state index in [-0.39, 0.29) is 11.8 Å². The molecule has 6 heteroatoms. The maximum atomic E-state index is 13.1. The van der Waals surface area contributed by atoms with Gasteiger partial charge in [-0.2, -0.15) is 0 Å². The molecule has 2 aliphatic heterocycles. The number of nitrogens with one attached hydrogen (secondary N) is 1. The van der Waals surface area contributed by atoms with Crippen molar-refractivity contribution in [1.29, 1.82) is 0 Å². The summed E-state index contributed by atoms with van der Waals surface area (Å²) in [5.74, 6) is 1.11. The summed E-state index contributed by atoms with van der Waals surface area (Å²) in [4.78, 5) is 27.1. The molecule has 0 aromatic heterocycles. The Morgan fingerprint density at radius 2 is 1.96 bits per heavy atom. The molecule has 0 unspecified atom stereocenters. The van der Waals surface area contributed by atoms with Crippen molar-refractivity contribution in [2.75, 3.05) is 17.7 Å². The number of thioether (sulfide) groups is 1. The Labute approximate surface area is 163 Å². The van der Waals surface area contributed by atoms with Gasteiger partial charge in [-0.3, -0.25) is 9.59 Å². The molecular weight excluding hydrogens is 360 g/mol. The molecule has 27 heavy (non-hydrogen) atoms. The van der Waals surface area contributed by atoms with Crippen LogP contribution in [0.5, 0.6) is 5.75 Å². The molecule has 2 saturated heterocycles. The Kier molecular flexibility index (Phi) is 4.83. The zero-order valence-corrected chi connectivity index (χ0v) is 16.0. The van der Waals surface area contributed by atoms with Crippen LogP contribution >= 0.6 is 11.8 Å². The van der Waals surface area contributed by atoms with Crippen LogP contribution < -0.4 is 10.1 Å². The van der Waals surface area contributed by atoms with Gasteiger partial charge in [0.05, 0.1) is 12.3 Å². The van der Waals surface area contributed by atoms with Crippen LogP contribution in [0.1, 0.15) is 25.3 Å². The van der Waals surface area contributed by atoms with Crippen molar-refractivity contribution in [3.63, 3.8) is 0 Å². The van der Waals surface area contributed by atoms with Crippen LogP contribution in [0, 0.1) is 0 Å². The molecule has 2 heterocycles. The molecule has 4 rings (SSSR count). The molecule has 2 fully saturated rings. The van der Waals surface area contributed by atoms with Crippen LogP contribution in [-0.2, 0) is 14.5 Å². The topological polar surface area (TPSA) is 58.6 Å². The van der Waals surface area contributed by atoms with Gasteiger partial charge < -0.3 is 15.0 Å². The monoisotopic (exact) mass is 382 g/mol. The second-order valence-corrected chi connectivity index (χ2v) is 7.96. The lowest BCUT2D eigenvalue weighted by molar-refractivity contribution is -0.136. The van der Waals surface area contributed by atoms with Crippen molar-refractivity contribution < 1.29 is 14.3 Å². The van der Waals surface area contributed by atoms with Crippen LogP contribution in [0.25, 0.3) is 0 Å². The van der Waals surface area contributed by atoms with Crippen molar-refractivity contribution in [3.05, 3.63) is 60.2 Å². The first-order valence-electron chi connectivity index (χ1n) is 9.20. The van der Waals surface area contributed by atoms with Gasteiger partial charge in [0, 0.05) is 12.2 Å².